The molecule has 158 valence electrons. The fourth-order valence-corrected chi connectivity index (χ4v) is 4.45. The molecular formula is C17H24ClN6O4P. The molecule has 0 bridgehead atoms. The third kappa shape index (κ3) is 4.95. The van der Waals surface area contributed by atoms with Crippen LogP contribution in [0.2, 0.25) is 5.28 Å². The van der Waals surface area contributed by atoms with E-state index in [4.69, 9.17) is 26.1 Å². The summed E-state index contributed by atoms with van der Waals surface area (Å²) in [6, 6.07) is 0.379. The van der Waals surface area contributed by atoms with Crippen LogP contribution in [0.5, 0.6) is 0 Å². The Labute approximate surface area is 173 Å². The summed E-state index contributed by atoms with van der Waals surface area (Å²) in [5, 5.41) is 6.27. The van der Waals surface area contributed by atoms with Crippen molar-refractivity contribution in [3.05, 3.63) is 11.6 Å². The molecule has 12 heteroatoms. The Morgan fingerprint density at radius 1 is 1.28 bits per heavy atom. The number of amides is 1. The Balaban J connectivity index is 1.44. The van der Waals surface area contributed by atoms with Crippen LogP contribution in [0.1, 0.15) is 44.8 Å². The summed E-state index contributed by atoms with van der Waals surface area (Å²) >= 11 is 6.17. The average Bonchev–Trinajstić information content (AvgIpc) is 3.39. The highest BCUT2D eigenvalue weighted by molar-refractivity contribution is 7.46. The van der Waals surface area contributed by atoms with Gasteiger partial charge in [-0.2, -0.15) is 9.97 Å². The first-order chi connectivity index (χ1) is 14.0. The average molecular weight is 443 g/mol. The molecule has 1 saturated carbocycles. The number of carbonyl (C=O) groups excluding carboxylic acids is 1. The Morgan fingerprint density at radius 3 is 2.83 bits per heavy atom. The molecule has 29 heavy (non-hydrogen) atoms. The van der Waals surface area contributed by atoms with Crippen LogP contribution in [-0.2, 0) is 9.53 Å². The van der Waals surface area contributed by atoms with E-state index in [1.807, 2.05) is 4.57 Å². The van der Waals surface area contributed by atoms with E-state index in [-0.39, 0.29) is 23.8 Å². The van der Waals surface area contributed by atoms with Crippen LogP contribution in [0.15, 0.2) is 6.33 Å². The maximum Gasteiger partial charge on any atom is 0.229 e. The Bertz CT molecular complexity index is 875. The van der Waals surface area contributed by atoms with Gasteiger partial charge in [0, 0.05) is 12.6 Å². The maximum absolute atomic E-state index is 11.6. The standard InChI is InChI=1S/C17H24ClN6O4P/c18-17-22-15(21-10-3-1-2-4-10)14-16(23-17)24(9-20-14)13-6-5-11(28-13)7-19-12(25)8-29(26)27/h9-11,13,26-27H,1-8H2,(H,19,25)(H,21,22,23). The first kappa shape index (κ1) is 20.7. The number of aromatic nitrogens is 4. The summed E-state index contributed by atoms with van der Waals surface area (Å²) in [5.74, 6) is 0.250. The lowest BCUT2D eigenvalue weighted by molar-refractivity contribution is -0.119. The minimum absolute atomic E-state index is 0.158. The molecule has 1 amide bonds. The molecule has 2 aromatic heterocycles. The fourth-order valence-electron chi connectivity index (χ4n) is 3.92. The molecule has 2 aromatic rings. The quantitative estimate of drug-likeness (QED) is 0.377. The second-order valence-electron chi connectivity index (χ2n) is 7.42. The van der Waals surface area contributed by atoms with E-state index < -0.39 is 14.3 Å². The van der Waals surface area contributed by atoms with Crippen molar-refractivity contribution >= 4 is 42.9 Å². The molecule has 2 aliphatic rings. The zero-order valence-electron chi connectivity index (χ0n) is 15.8. The van der Waals surface area contributed by atoms with E-state index in [9.17, 15) is 4.79 Å². The van der Waals surface area contributed by atoms with Gasteiger partial charge in [-0.1, -0.05) is 12.8 Å². The van der Waals surface area contributed by atoms with Crippen molar-refractivity contribution in [1.29, 1.82) is 0 Å². The third-order valence-corrected chi connectivity index (χ3v) is 6.04. The molecule has 4 rings (SSSR count). The summed E-state index contributed by atoms with van der Waals surface area (Å²) in [4.78, 5) is 42.6. The first-order valence-corrected chi connectivity index (χ1v) is 11.5. The highest BCUT2D eigenvalue weighted by Crippen LogP contribution is 2.33. The van der Waals surface area contributed by atoms with Crippen molar-refractivity contribution in [2.24, 2.45) is 0 Å². The number of nitrogens with zero attached hydrogens (tertiary/aromatic N) is 4. The monoisotopic (exact) mass is 442 g/mol. The second kappa shape index (κ2) is 9.06. The van der Waals surface area contributed by atoms with Crippen LogP contribution in [0, 0.1) is 0 Å². The van der Waals surface area contributed by atoms with Gasteiger partial charge in [-0.15, -0.1) is 0 Å². The van der Waals surface area contributed by atoms with Crippen LogP contribution in [0.25, 0.3) is 11.2 Å². The number of hydrogen-bond donors (Lipinski definition) is 4. The molecule has 1 aliphatic carbocycles. The van der Waals surface area contributed by atoms with Crippen LogP contribution >= 0.6 is 20.0 Å². The van der Waals surface area contributed by atoms with Gasteiger partial charge in [0.25, 0.3) is 0 Å². The van der Waals surface area contributed by atoms with Crippen LogP contribution in [0.3, 0.4) is 0 Å². The summed E-state index contributed by atoms with van der Waals surface area (Å²) in [6.07, 6.45) is 7.10. The van der Waals surface area contributed by atoms with E-state index in [0.29, 0.717) is 29.6 Å². The van der Waals surface area contributed by atoms with E-state index in [1.165, 1.54) is 12.8 Å². The summed E-state index contributed by atoms with van der Waals surface area (Å²) in [6.45, 7) is 0.315. The third-order valence-electron chi connectivity index (χ3n) is 5.30. The van der Waals surface area contributed by atoms with Gasteiger partial charge in [0.05, 0.1) is 18.6 Å². The number of rotatable bonds is 7. The molecule has 1 saturated heterocycles. The van der Waals surface area contributed by atoms with Gasteiger partial charge >= 0.3 is 0 Å². The highest BCUT2D eigenvalue weighted by Gasteiger charge is 2.29. The minimum Gasteiger partial charge on any atom is -0.365 e. The SMILES string of the molecule is O=C(CP(O)O)NCC1CCC(n2cnc3c(NC4CCCC4)nc(Cl)nc32)O1. The van der Waals surface area contributed by atoms with Gasteiger partial charge in [-0.25, -0.2) is 4.98 Å². The maximum atomic E-state index is 11.6. The number of nitrogens with one attached hydrogen (secondary N) is 2. The van der Waals surface area contributed by atoms with Crippen LogP contribution in [-0.4, -0.2) is 60.1 Å². The second-order valence-corrected chi connectivity index (χ2v) is 8.81. The van der Waals surface area contributed by atoms with E-state index in [2.05, 4.69) is 25.6 Å². The lowest BCUT2D eigenvalue weighted by atomic mass is 10.2. The van der Waals surface area contributed by atoms with Crippen molar-refractivity contribution < 1.29 is 19.3 Å². The zero-order valence-corrected chi connectivity index (χ0v) is 17.4. The van der Waals surface area contributed by atoms with E-state index in [1.54, 1.807) is 6.33 Å². The molecule has 1 aliphatic heterocycles. The predicted octanol–water partition coefficient (Wildman–Crippen LogP) is 1.92. The van der Waals surface area contributed by atoms with Crippen molar-refractivity contribution in [2.45, 2.75) is 56.9 Å². The summed E-state index contributed by atoms with van der Waals surface area (Å²) < 4.78 is 7.90. The van der Waals surface area contributed by atoms with Crippen molar-refractivity contribution in [1.82, 2.24) is 24.8 Å². The van der Waals surface area contributed by atoms with Crippen LogP contribution in [0.4, 0.5) is 5.82 Å². The van der Waals surface area contributed by atoms with E-state index >= 15 is 0 Å². The normalized spacial score (nSPS) is 22.6. The fraction of sp³-hybridized carbons (Fsp3) is 0.647. The number of hydrogen-bond acceptors (Lipinski definition) is 8. The molecule has 10 nitrogen and oxygen atoms in total. The van der Waals surface area contributed by atoms with Crippen molar-refractivity contribution in [3.63, 3.8) is 0 Å². The molecule has 4 N–H and O–H groups in total. The molecular weight excluding hydrogens is 419 g/mol. The topological polar surface area (TPSA) is 134 Å². The lowest BCUT2D eigenvalue weighted by Crippen LogP contribution is -2.33. The Morgan fingerprint density at radius 2 is 2.07 bits per heavy atom. The smallest absolute Gasteiger partial charge is 0.229 e. The summed E-state index contributed by atoms with van der Waals surface area (Å²) in [7, 11) is -2.23. The number of halogens is 1. The summed E-state index contributed by atoms with van der Waals surface area (Å²) in [5.41, 5.74) is 1.28. The zero-order chi connectivity index (χ0) is 20.4. The van der Waals surface area contributed by atoms with Gasteiger partial charge in [0.2, 0.25) is 11.2 Å². The van der Waals surface area contributed by atoms with Crippen LogP contribution < -0.4 is 10.6 Å². The number of carbonyl (C=O) groups is 1. The molecule has 0 spiro atoms. The van der Waals surface area contributed by atoms with Gasteiger partial charge in [0.1, 0.15) is 6.23 Å². The Kier molecular flexibility index (Phi) is 6.46. The van der Waals surface area contributed by atoms with Crippen molar-refractivity contribution in [3.8, 4) is 0 Å². The largest absolute Gasteiger partial charge is 0.365 e. The predicted molar refractivity (Wildman–Crippen MR) is 109 cm³/mol. The van der Waals surface area contributed by atoms with E-state index in [0.717, 1.165) is 25.7 Å². The molecule has 2 atom stereocenters. The molecule has 2 unspecified atom stereocenters. The number of fused-ring (bicyclic) bond motifs is 1. The van der Waals surface area contributed by atoms with Crippen molar-refractivity contribution in [2.75, 3.05) is 18.0 Å². The molecule has 0 aromatic carbocycles. The van der Waals surface area contributed by atoms with Gasteiger partial charge in [-0.05, 0) is 37.3 Å². The molecule has 3 heterocycles. The van der Waals surface area contributed by atoms with Gasteiger partial charge < -0.3 is 25.2 Å². The first-order valence-electron chi connectivity index (χ1n) is 9.73. The number of anilines is 1. The highest BCUT2D eigenvalue weighted by atomic mass is 35.5. The van der Waals surface area contributed by atoms with Gasteiger partial charge in [0.15, 0.2) is 25.4 Å². The number of ether oxygens (including phenoxy) is 1. The van der Waals surface area contributed by atoms with Gasteiger partial charge in [-0.3, -0.25) is 9.36 Å². The lowest BCUT2D eigenvalue weighted by Gasteiger charge is -2.16. The minimum atomic E-state index is -2.23. The number of imidazole rings is 1. The Hall–Kier alpha value is -1.58. The molecule has 2 fully saturated rings. The molecule has 0 radical (unpaired) electrons.